The minimum absolute atomic E-state index is 0.681. The summed E-state index contributed by atoms with van der Waals surface area (Å²) >= 11 is 0. The van der Waals surface area contributed by atoms with E-state index >= 15 is 0 Å². The van der Waals surface area contributed by atoms with Crippen LogP contribution in [0, 0.1) is 11.8 Å². The first-order valence-electron chi connectivity index (χ1n) is 10.6. The number of piperazine rings is 1. The van der Waals surface area contributed by atoms with E-state index in [0.29, 0.717) is 24.9 Å². The number of benzene rings is 1. The molecule has 1 aromatic rings. The highest BCUT2D eigenvalue weighted by atomic mass is 16.4. The third-order valence-corrected chi connectivity index (χ3v) is 6.07. The fraction of sp³-hybridized carbons (Fsp3) is 0.682. The number of hydrogen-bond acceptors (Lipinski definition) is 3. The van der Waals surface area contributed by atoms with Crippen LogP contribution in [0.4, 0.5) is 10.5 Å². The number of carboxylic acid groups (broad SMARTS) is 1. The molecule has 27 heavy (non-hydrogen) atoms. The van der Waals surface area contributed by atoms with Gasteiger partial charge in [-0.3, -0.25) is 4.90 Å². The predicted octanol–water partition coefficient (Wildman–Crippen LogP) is 3.79. The Morgan fingerprint density at radius 3 is 2.37 bits per heavy atom. The van der Waals surface area contributed by atoms with Gasteiger partial charge in [0.05, 0.1) is 0 Å². The van der Waals surface area contributed by atoms with Gasteiger partial charge in [0.1, 0.15) is 0 Å². The molecule has 1 N–H and O–H groups in total. The fourth-order valence-electron chi connectivity index (χ4n) is 4.42. The minimum Gasteiger partial charge on any atom is -0.465 e. The van der Waals surface area contributed by atoms with Crippen molar-refractivity contribution >= 4 is 11.8 Å². The summed E-state index contributed by atoms with van der Waals surface area (Å²) in [6.45, 7) is 11.6. The highest BCUT2D eigenvalue weighted by Crippen LogP contribution is 2.25. The zero-order valence-electron chi connectivity index (χ0n) is 16.9. The Balaban J connectivity index is 1.43. The molecule has 1 aromatic carbocycles. The minimum atomic E-state index is -0.762. The van der Waals surface area contributed by atoms with Crippen LogP contribution in [0.1, 0.15) is 38.7 Å². The van der Waals surface area contributed by atoms with Crippen molar-refractivity contribution in [1.29, 1.82) is 0 Å². The van der Waals surface area contributed by atoms with Gasteiger partial charge < -0.3 is 14.9 Å². The summed E-state index contributed by atoms with van der Waals surface area (Å²) < 4.78 is 0. The second-order valence-electron chi connectivity index (χ2n) is 8.56. The molecule has 3 rings (SSSR count). The first kappa shape index (κ1) is 20.0. The molecule has 2 heterocycles. The smallest absolute Gasteiger partial charge is 0.407 e. The molecule has 5 nitrogen and oxygen atoms in total. The van der Waals surface area contributed by atoms with E-state index in [1.54, 1.807) is 4.90 Å². The van der Waals surface area contributed by atoms with Gasteiger partial charge >= 0.3 is 6.09 Å². The number of likely N-dealkylation sites (tertiary alicyclic amines) is 1. The van der Waals surface area contributed by atoms with Crippen LogP contribution in [0.25, 0.3) is 0 Å². The quantitative estimate of drug-likeness (QED) is 0.824. The lowest BCUT2D eigenvalue weighted by atomic mass is 9.93. The van der Waals surface area contributed by atoms with Crippen molar-refractivity contribution in [3.63, 3.8) is 0 Å². The first-order valence-corrected chi connectivity index (χ1v) is 10.6. The Bertz CT molecular complexity index is 603. The lowest BCUT2D eigenvalue weighted by Crippen LogP contribution is -2.47. The Hall–Kier alpha value is -1.75. The van der Waals surface area contributed by atoms with Gasteiger partial charge in [0.25, 0.3) is 0 Å². The van der Waals surface area contributed by atoms with E-state index in [1.165, 1.54) is 17.7 Å². The zero-order valence-corrected chi connectivity index (χ0v) is 16.9. The van der Waals surface area contributed by atoms with E-state index in [9.17, 15) is 4.79 Å². The molecule has 2 saturated heterocycles. The summed E-state index contributed by atoms with van der Waals surface area (Å²) in [7, 11) is 0. The second kappa shape index (κ2) is 9.45. The molecule has 0 aromatic heterocycles. The standard InChI is InChI=1S/C22H35N3O2/c1-18(2)17-20-5-3-4-6-21(20)24-15-13-23(14-16-24)10-7-19-8-11-25(12-9-19)22(26)27/h3-6,18-19H,7-17H2,1-2H3,(H,26,27). The fourth-order valence-corrected chi connectivity index (χ4v) is 4.42. The van der Waals surface area contributed by atoms with Gasteiger partial charge in [-0.2, -0.15) is 0 Å². The maximum absolute atomic E-state index is 11.0. The highest BCUT2D eigenvalue weighted by Gasteiger charge is 2.24. The van der Waals surface area contributed by atoms with E-state index in [-0.39, 0.29) is 0 Å². The summed E-state index contributed by atoms with van der Waals surface area (Å²) in [6, 6.07) is 8.89. The van der Waals surface area contributed by atoms with Crippen LogP contribution in [-0.4, -0.2) is 66.8 Å². The summed E-state index contributed by atoms with van der Waals surface area (Å²) in [5.74, 6) is 1.37. The van der Waals surface area contributed by atoms with Crippen LogP contribution >= 0.6 is 0 Å². The first-order chi connectivity index (χ1) is 13.0. The van der Waals surface area contributed by atoms with Crippen molar-refractivity contribution in [3.8, 4) is 0 Å². The van der Waals surface area contributed by atoms with Crippen LogP contribution in [0.3, 0.4) is 0 Å². The lowest BCUT2D eigenvalue weighted by molar-refractivity contribution is 0.119. The molecule has 2 aliphatic rings. The van der Waals surface area contributed by atoms with E-state index in [1.807, 2.05) is 0 Å². The molecular formula is C22H35N3O2. The van der Waals surface area contributed by atoms with Crippen molar-refractivity contribution < 1.29 is 9.90 Å². The average molecular weight is 374 g/mol. The van der Waals surface area contributed by atoms with Crippen molar-refractivity contribution in [2.75, 3.05) is 50.7 Å². The SMILES string of the molecule is CC(C)Cc1ccccc1N1CCN(CCC2CCN(C(=O)O)CC2)CC1. The second-order valence-corrected chi connectivity index (χ2v) is 8.56. The maximum Gasteiger partial charge on any atom is 0.407 e. The van der Waals surface area contributed by atoms with E-state index in [2.05, 4.69) is 47.9 Å². The van der Waals surface area contributed by atoms with Gasteiger partial charge in [-0.25, -0.2) is 4.79 Å². The Morgan fingerprint density at radius 1 is 1.07 bits per heavy atom. The highest BCUT2D eigenvalue weighted by molar-refractivity contribution is 5.65. The van der Waals surface area contributed by atoms with Crippen LogP contribution in [0.2, 0.25) is 0 Å². The average Bonchev–Trinajstić information content (AvgIpc) is 2.67. The van der Waals surface area contributed by atoms with Gasteiger partial charge in [0.2, 0.25) is 0 Å². The number of amides is 1. The van der Waals surface area contributed by atoms with Crippen LogP contribution < -0.4 is 4.90 Å². The van der Waals surface area contributed by atoms with Crippen LogP contribution in [0.5, 0.6) is 0 Å². The number of nitrogens with zero attached hydrogens (tertiary/aromatic N) is 3. The molecule has 0 atom stereocenters. The molecule has 0 unspecified atom stereocenters. The van der Waals surface area contributed by atoms with E-state index < -0.39 is 6.09 Å². The number of anilines is 1. The topological polar surface area (TPSA) is 47.0 Å². The van der Waals surface area contributed by atoms with Gasteiger partial charge in [-0.15, -0.1) is 0 Å². The van der Waals surface area contributed by atoms with Gasteiger partial charge in [0, 0.05) is 45.0 Å². The molecule has 5 heteroatoms. The van der Waals surface area contributed by atoms with E-state index in [4.69, 9.17) is 5.11 Å². The number of rotatable bonds is 6. The van der Waals surface area contributed by atoms with Crippen molar-refractivity contribution in [2.45, 2.75) is 39.5 Å². The van der Waals surface area contributed by atoms with Gasteiger partial charge in [0.15, 0.2) is 0 Å². The van der Waals surface area contributed by atoms with Crippen molar-refractivity contribution in [1.82, 2.24) is 9.80 Å². The predicted molar refractivity (Wildman–Crippen MR) is 111 cm³/mol. The molecular weight excluding hydrogens is 338 g/mol. The molecule has 0 bridgehead atoms. The Morgan fingerprint density at radius 2 is 1.74 bits per heavy atom. The molecule has 0 saturated carbocycles. The molecule has 150 valence electrons. The van der Waals surface area contributed by atoms with Gasteiger partial charge in [-0.1, -0.05) is 32.0 Å². The number of carbonyl (C=O) groups is 1. The Labute approximate surface area is 163 Å². The largest absolute Gasteiger partial charge is 0.465 e. The zero-order chi connectivity index (χ0) is 19.2. The summed E-state index contributed by atoms with van der Waals surface area (Å²) in [5.41, 5.74) is 2.90. The van der Waals surface area contributed by atoms with Gasteiger partial charge in [-0.05, 0) is 55.7 Å². The molecule has 0 spiro atoms. The third kappa shape index (κ3) is 5.61. The normalized spacial score (nSPS) is 19.7. The lowest BCUT2D eigenvalue weighted by Gasteiger charge is -2.38. The molecule has 0 radical (unpaired) electrons. The maximum atomic E-state index is 11.0. The molecule has 0 aliphatic carbocycles. The summed E-state index contributed by atoms with van der Waals surface area (Å²) in [5, 5.41) is 9.06. The van der Waals surface area contributed by atoms with Crippen molar-refractivity contribution in [2.24, 2.45) is 11.8 Å². The number of para-hydroxylation sites is 1. The molecule has 2 fully saturated rings. The molecule has 1 amide bonds. The van der Waals surface area contributed by atoms with Crippen LogP contribution in [-0.2, 0) is 6.42 Å². The summed E-state index contributed by atoms with van der Waals surface area (Å²) in [6.07, 6.45) is 3.63. The number of hydrogen-bond donors (Lipinski definition) is 1. The summed E-state index contributed by atoms with van der Waals surface area (Å²) in [4.78, 5) is 17.7. The molecule has 2 aliphatic heterocycles. The van der Waals surface area contributed by atoms with E-state index in [0.717, 1.165) is 52.0 Å². The number of piperidine rings is 1. The third-order valence-electron chi connectivity index (χ3n) is 6.07. The van der Waals surface area contributed by atoms with Crippen molar-refractivity contribution in [3.05, 3.63) is 29.8 Å². The monoisotopic (exact) mass is 373 g/mol. The van der Waals surface area contributed by atoms with Crippen LogP contribution in [0.15, 0.2) is 24.3 Å². The Kier molecular flexibility index (Phi) is 7.00.